The van der Waals surface area contributed by atoms with E-state index < -0.39 is 0 Å². The Balaban J connectivity index is 2.14. The minimum Gasteiger partial charge on any atom is -0.376 e. The van der Waals surface area contributed by atoms with Crippen molar-refractivity contribution >= 4 is 33.4 Å². The smallest absolute Gasteiger partial charge is 0.282 e. The fourth-order valence-corrected chi connectivity index (χ4v) is 3.35. The first kappa shape index (κ1) is 17.1. The Morgan fingerprint density at radius 1 is 1.23 bits per heavy atom. The molecule has 1 unspecified atom stereocenters. The van der Waals surface area contributed by atoms with Crippen molar-refractivity contribution < 1.29 is 0 Å². The van der Waals surface area contributed by atoms with E-state index in [9.17, 15) is 4.79 Å². The second kappa shape index (κ2) is 7.33. The number of nitrogens with zero attached hydrogens (tertiary/aromatic N) is 2. The number of anilines is 1. The summed E-state index contributed by atoms with van der Waals surface area (Å²) in [5, 5.41) is 7.94. The average Bonchev–Trinajstić information content (AvgIpc) is 2.48. The lowest BCUT2D eigenvalue weighted by atomic mass is 10.1. The molecule has 0 amide bonds. The molecule has 0 saturated heterocycles. The molecule has 118 valence electrons. The van der Waals surface area contributed by atoms with Crippen LogP contribution in [0.4, 0.5) is 5.69 Å². The maximum Gasteiger partial charge on any atom is 0.282 e. The molecule has 0 fully saturated rings. The van der Waals surface area contributed by atoms with E-state index in [0.29, 0.717) is 15.4 Å². The third kappa shape index (κ3) is 4.14. The van der Waals surface area contributed by atoms with Crippen LogP contribution in [-0.4, -0.2) is 15.0 Å². The molecule has 0 bridgehead atoms. The fourth-order valence-electron chi connectivity index (χ4n) is 2.04. The quantitative estimate of drug-likeness (QED) is 0.787. The highest BCUT2D eigenvalue weighted by molar-refractivity contribution is 9.10. The van der Waals surface area contributed by atoms with Crippen molar-refractivity contribution in [1.82, 2.24) is 9.78 Å². The van der Waals surface area contributed by atoms with Gasteiger partial charge in [-0.25, -0.2) is 4.68 Å². The fraction of sp³-hybridized carbons (Fsp3) is 0.375. The van der Waals surface area contributed by atoms with Gasteiger partial charge < -0.3 is 5.32 Å². The summed E-state index contributed by atoms with van der Waals surface area (Å²) in [6.45, 7) is 6.43. The molecular formula is C16H20BrN3OS. The van der Waals surface area contributed by atoms with Crippen LogP contribution in [0, 0.1) is 0 Å². The van der Waals surface area contributed by atoms with E-state index >= 15 is 0 Å². The van der Waals surface area contributed by atoms with Crippen molar-refractivity contribution in [3.8, 4) is 0 Å². The maximum absolute atomic E-state index is 11.9. The Morgan fingerprint density at radius 2 is 1.86 bits per heavy atom. The van der Waals surface area contributed by atoms with Gasteiger partial charge in [-0.1, -0.05) is 26.0 Å². The second-order valence-electron chi connectivity index (χ2n) is 5.40. The van der Waals surface area contributed by atoms with Gasteiger partial charge in [0.05, 0.1) is 11.9 Å². The third-order valence-electron chi connectivity index (χ3n) is 3.20. The van der Waals surface area contributed by atoms with Gasteiger partial charge in [0.1, 0.15) is 4.47 Å². The zero-order valence-corrected chi connectivity index (χ0v) is 15.5. The molecule has 4 nitrogen and oxygen atoms in total. The van der Waals surface area contributed by atoms with Crippen LogP contribution < -0.4 is 10.9 Å². The lowest BCUT2D eigenvalue weighted by Gasteiger charge is -2.17. The van der Waals surface area contributed by atoms with E-state index in [1.54, 1.807) is 13.2 Å². The highest BCUT2D eigenvalue weighted by atomic mass is 79.9. The number of hydrogen-bond donors (Lipinski definition) is 1. The van der Waals surface area contributed by atoms with Crippen LogP contribution in [0.5, 0.6) is 0 Å². The SMILES string of the molecule is CC(C)Sc1ccc(C(C)Nc2cnn(C)c(=O)c2Br)cc1. The predicted octanol–water partition coefficient (Wildman–Crippen LogP) is 4.22. The maximum atomic E-state index is 11.9. The lowest BCUT2D eigenvalue weighted by molar-refractivity contribution is 0.701. The van der Waals surface area contributed by atoms with E-state index in [-0.39, 0.29) is 11.6 Å². The van der Waals surface area contributed by atoms with Crippen LogP contribution in [0.2, 0.25) is 0 Å². The number of aromatic nitrogens is 2. The van der Waals surface area contributed by atoms with Gasteiger partial charge in [-0.05, 0) is 40.5 Å². The molecule has 1 heterocycles. The van der Waals surface area contributed by atoms with Gasteiger partial charge in [0, 0.05) is 23.2 Å². The van der Waals surface area contributed by atoms with Crippen molar-refractivity contribution in [3.05, 3.63) is 50.9 Å². The molecular weight excluding hydrogens is 362 g/mol. The first-order chi connectivity index (χ1) is 10.4. The molecule has 0 aliphatic heterocycles. The van der Waals surface area contributed by atoms with Crippen molar-refractivity contribution in [2.75, 3.05) is 5.32 Å². The van der Waals surface area contributed by atoms with Crippen LogP contribution in [0.1, 0.15) is 32.4 Å². The number of halogens is 1. The van der Waals surface area contributed by atoms with Gasteiger partial charge in [0.15, 0.2) is 0 Å². The summed E-state index contributed by atoms with van der Waals surface area (Å²) < 4.78 is 1.81. The molecule has 6 heteroatoms. The highest BCUT2D eigenvalue weighted by Crippen LogP contribution is 2.27. The summed E-state index contributed by atoms with van der Waals surface area (Å²) in [5.74, 6) is 0. The summed E-state index contributed by atoms with van der Waals surface area (Å²) in [6, 6.07) is 8.59. The zero-order valence-electron chi connectivity index (χ0n) is 13.1. The minimum absolute atomic E-state index is 0.0864. The Bertz CT molecular complexity index is 698. The summed E-state index contributed by atoms with van der Waals surface area (Å²) in [4.78, 5) is 13.1. The predicted molar refractivity (Wildman–Crippen MR) is 96.7 cm³/mol. The van der Waals surface area contributed by atoms with Crippen LogP contribution in [0.25, 0.3) is 0 Å². The Morgan fingerprint density at radius 3 is 2.45 bits per heavy atom. The number of nitrogens with one attached hydrogen (secondary N) is 1. The average molecular weight is 382 g/mol. The van der Waals surface area contributed by atoms with Crippen LogP contribution in [0.3, 0.4) is 0 Å². The van der Waals surface area contributed by atoms with Crippen molar-refractivity contribution in [2.45, 2.75) is 37.0 Å². The molecule has 0 radical (unpaired) electrons. The van der Waals surface area contributed by atoms with Crippen LogP contribution >= 0.6 is 27.7 Å². The molecule has 1 aromatic heterocycles. The van der Waals surface area contributed by atoms with Crippen molar-refractivity contribution in [2.24, 2.45) is 7.05 Å². The molecule has 0 aliphatic rings. The van der Waals surface area contributed by atoms with Gasteiger partial charge >= 0.3 is 0 Å². The number of aryl methyl sites for hydroxylation is 1. The molecule has 0 saturated carbocycles. The normalized spacial score (nSPS) is 12.5. The first-order valence-electron chi connectivity index (χ1n) is 7.13. The minimum atomic E-state index is -0.152. The van der Waals surface area contributed by atoms with Crippen LogP contribution in [0.15, 0.2) is 44.6 Å². The van der Waals surface area contributed by atoms with Gasteiger partial charge in [-0.2, -0.15) is 5.10 Å². The molecule has 0 spiro atoms. The lowest BCUT2D eigenvalue weighted by Crippen LogP contribution is -2.22. The van der Waals surface area contributed by atoms with Gasteiger partial charge in [0.25, 0.3) is 5.56 Å². The summed E-state index contributed by atoms with van der Waals surface area (Å²) >= 11 is 5.18. The summed E-state index contributed by atoms with van der Waals surface area (Å²) in [7, 11) is 1.63. The number of hydrogen-bond acceptors (Lipinski definition) is 4. The number of thioether (sulfide) groups is 1. The van der Waals surface area contributed by atoms with E-state index in [4.69, 9.17) is 0 Å². The zero-order chi connectivity index (χ0) is 16.3. The summed E-state index contributed by atoms with van der Waals surface area (Å²) in [6.07, 6.45) is 1.66. The highest BCUT2D eigenvalue weighted by Gasteiger charge is 2.11. The molecule has 2 aromatic rings. The monoisotopic (exact) mass is 381 g/mol. The standard InChI is InChI=1S/C16H20BrN3OS/c1-10(2)22-13-7-5-12(6-8-13)11(3)19-14-9-18-20(4)16(21)15(14)17/h5-11,19H,1-4H3. The molecule has 1 atom stereocenters. The second-order valence-corrected chi connectivity index (χ2v) is 7.85. The molecule has 22 heavy (non-hydrogen) atoms. The molecule has 0 aliphatic carbocycles. The van der Waals surface area contributed by atoms with E-state index in [2.05, 4.69) is 71.4 Å². The van der Waals surface area contributed by atoms with Crippen LogP contribution in [-0.2, 0) is 7.05 Å². The summed E-state index contributed by atoms with van der Waals surface area (Å²) in [5.41, 5.74) is 1.72. The van der Waals surface area contributed by atoms with E-state index in [0.717, 1.165) is 0 Å². The van der Waals surface area contributed by atoms with Gasteiger partial charge in [-0.15, -0.1) is 11.8 Å². The Hall–Kier alpha value is -1.27. The molecule has 1 N–H and O–H groups in total. The van der Waals surface area contributed by atoms with E-state index in [1.165, 1.54) is 15.1 Å². The van der Waals surface area contributed by atoms with Crippen molar-refractivity contribution in [1.29, 1.82) is 0 Å². The molecule has 2 rings (SSSR count). The molecule has 1 aromatic carbocycles. The first-order valence-corrected chi connectivity index (χ1v) is 8.80. The third-order valence-corrected chi connectivity index (χ3v) is 4.98. The number of rotatable bonds is 5. The topological polar surface area (TPSA) is 46.9 Å². The number of benzene rings is 1. The Labute approximate surface area is 143 Å². The van der Waals surface area contributed by atoms with Crippen molar-refractivity contribution in [3.63, 3.8) is 0 Å². The Kier molecular flexibility index (Phi) is 5.69. The largest absolute Gasteiger partial charge is 0.376 e. The van der Waals surface area contributed by atoms with Gasteiger partial charge in [0.2, 0.25) is 0 Å². The van der Waals surface area contributed by atoms with Gasteiger partial charge in [-0.3, -0.25) is 4.79 Å². The van der Waals surface area contributed by atoms with E-state index in [1.807, 2.05) is 11.8 Å².